The van der Waals surface area contributed by atoms with E-state index >= 15 is 0 Å². The number of rotatable bonds is 1. The van der Waals surface area contributed by atoms with Crippen LogP contribution in [0.15, 0.2) is 48.5 Å². The molecule has 0 aromatic heterocycles. The molecule has 3 aromatic carbocycles. The lowest BCUT2D eigenvalue weighted by Crippen LogP contribution is -2.27. The highest BCUT2D eigenvalue weighted by Crippen LogP contribution is 2.56. The van der Waals surface area contributed by atoms with E-state index in [0.717, 1.165) is 22.1 Å². The fraction of sp³-hybridized carbons (Fsp3) is 0.143. The second-order valence-corrected chi connectivity index (χ2v) is 9.15. The lowest BCUT2D eigenvalue weighted by Gasteiger charge is -2.26. The van der Waals surface area contributed by atoms with Crippen LogP contribution in [0.5, 0.6) is 0 Å². The SMILES string of the molecule is Cc1cc(C)c(P2(=O)C(=O)c3cccc4cccc(c34)C2=O)c(C)c1. The lowest BCUT2D eigenvalue weighted by atomic mass is 10.00. The lowest BCUT2D eigenvalue weighted by molar-refractivity contribution is 0.103. The molecule has 3 nitrogen and oxygen atoms in total. The standard InChI is InChI=1S/C21H17O3P/c1-12-10-13(2)19(14(3)11-12)25(24)20(22)16-8-4-6-15-7-5-9-17(18(15)16)21(25)23/h4-11H,1-3H3. The summed E-state index contributed by atoms with van der Waals surface area (Å²) < 4.78 is 14.0. The number of benzene rings is 3. The highest BCUT2D eigenvalue weighted by Gasteiger charge is 2.48. The molecule has 4 rings (SSSR count). The van der Waals surface area contributed by atoms with Crippen LogP contribution in [0, 0.1) is 20.8 Å². The van der Waals surface area contributed by atoms with Crippen molar-refractivity contribution in [2.24, 2.45) is 0 Å². The molecule has 124 valence electrons. The normalized spacial score (nSPS) is 15.6. The molecule has 1 aliphatic heterocycles. The van der Waals surface area contributed by atoms with Crippen molar-refractivity contribution >= 4 is 34.3 Å². The van der Waals surface area contributed by atoms with Crippen LogP contribution in [0.25, 0.3) is 10.8 Å². The minimum Gasteiger partial charge on any atom is -0.302 e. The first kappa shape index (κ1) is 16.0. The van der Waals surface area contributed by atoms with E-state index in [1.54, 1.807) is 24.3 Å². The van der Waals surface area contributed by atoms with Gasteiger partial charge in [-0.25, -0.2) is 0 Å². The van der Waals surface area contributed by atoms with Gasteiger partial charge in [-0.2, -0.15) is 0 Å². The van der Waals surface area contributed by atoms with Crippen LogP contribution < -0.4 is 5.30 Å². The Hall–Kier alpha value is -2.51. The molecule has 0 fully saturated rings. The van der Waals surface area contributed by atoms with Gasteiger partial charge in [0, 0.05) is 21.8 Å². The number of aryl methyl sites for hydroxylation is 3. The smallest absolute Gasteiger partial charge is 0.249 e. The van der Waals surface area contributed by atoms with Crippen molar-refractivity contribution in [2.75, 3.05) is 0 Å². The topological polar surface area (TPSA) is 51.2 Å². The highest BCUT2D eigenvalue weighted by molar-refractivity contribution is 8.01. The number of hydrogen-bond donors (Lipinski definition) is 0. The van der Waals surface area contributed by atoms with Crippen molar-refractivity contribution in [2.45, 2.75) is 20.8 Å². The molecule has 0 spiro atoms. The third-order valence-corrected chi connectivity index (χ3v) is 7.85. The molecule has 0 saturated heterocycles. The van der Waals surface area contributed by atoms with Crippen LogP contribution >= 0.6 is 7.14 Å². The summed E-state index contributed by atoms with van der Waals surface area (Å²) in [5.41, 5.74) is 2.16. The molecule has 1 aliphatic rings. The molecule has 4 heteroatoms. The third-order valence-electron chi connectivity index (χ3n) is 4.89. The summed E-state index contributed by atoms with van der Waals surface area (Å²) in [6.45, 7) is 5.58. The average molecular weight is 348 g/mol. The van der Waals surface area contributed by atoms with Crippen molar-refractivity contribution in [3.8, 4) is 0 Å². The van der Waals surface area contributed by atoms with E-state index in [-0.39, 0.29) is 0 Å². The van der Waals surface area contributed by atoms with Gasteiger partial charge in [0.1, 0.15) is 0 Å². The number of carbonyl (C=O) groups is 2. The van der Waals surface area contributed by atoms with E-state index in [9.17, 15) is 14.2 Å². The predicted octanol–water partition coefficient (Wildman–Crippen LogP) is 4.75. The summed E-state index contributed by atoms with van der Waals surface area (Å²) in [5, 5.41) is 1.84. The van der Waals surface area contributed by atoms with E-state index in [4.69, 9.17) is 0 Å². The van der Waals surface area contributed by atoms with Crippen LogP contribution in [0.4, 0.5) is 0 Å². The van der Waals surface area contributed by atoms with E-state index in [1.807, 2.05) is 45.0 Å². The van der Waals surface area contributed by atoms with Gasteiger partial charge in [-0.15, -0.1) is 0 Å². The van der Waals surface area contributed by atoms with E-state index < -0.39 is 18.2 Å². The van der Waals surface area contributed by atoms with Gasteiger partial charge in [0.05, 0.1) is 0 Å². The van der Waals surface area contributed by atoms with Gasteiger partial charge < -0.3 is 4.57 Å². The summed E-state index contributed by atoms with van der Waals surface area (Å²) in [6, 6.07) is 14.4. The molecule has 3 aromatic rings. The van der Waals surface area contributed by atoms with Gasteiger partial charge in [-0.05, 0) is 37.3 Å². The maximum atomic E-state index is 14.0. The summed E-state index contributed by atoms with van der Waals surface area (Å²) in [7, 11) is -3.91. The molecule has 0 amide bonds. The molecule has 0 atom stereocenters. The maximum Gasteiger partial charge on any atom is 0.249 e. The minimum atomic E-state index is -3.91. The van der Waals surface area contributed by atoms with E-state index in [0.29, 0.717) is 21.8 Å². The van der Waals surface area contributed by atoms with Crippen LogP contribution in [0.1, 0.15) is 37.4 Å². The zero-order valence-electron chi connectivity index (χ0n) is 14.3. The molecule has 1 heterocycles. The van der Waals surface area contributed by atoms with E-state index in [1.165, 1.54) is 0 Å². The summed E-state index contributed by atoms with van der Waals surface area (Å²) in [5.74, 6) is 0. The fourth-order valence-electron chi connectivity index (χ4n) is 4.00. The van der Waals surface area contributed by atoms with Gasteiger partial charge in [0.25, 0.3) is 0 Å². The first-order valence-electron chi connectivity index (χ1n) is 8.15. The Morgan fingerprint density at radius 1 is 0.760 bits per heavy atom. The fourth-order valence-corrected chi connectivity index (χ4v) is 6.77. The first-order valence-corrected chi connectivity index (χ1v) is 9.86. The molecule has 25 heavy (non-hydrogen) atoms. The minimum absolute atomic E-state index is 0.385. The second-order valence-electron chi connectivity index (χ2n) is 6.68. The summed E-state index contributed by atoms with van der Waals surface area (Å²) in [6.07, 6.45) is 0. The molecular weight excluding hydrogens is 331 g/mol. The molecule has 0 radical (unpaired) electrons. The van der Waals surface area contributed by atoms with Crippen molar-refractivity contribution in [3.63, 3.8) is 0 Å². The number of hydrogen-bond acceptors (Lipinski definition) is 3. The Morgan fingerprint density at radius 2 is 1.24 bits per heavy atom. The van der Waals surface area contributed by atoms with Crippen LogP contribution in [0.3, 0.4) is 0 Å². The third kappa shape index (κ3) is 2.03. The van der Waals surface area contributed by atoms with Crippen molar-refractivity contribution in [3.05, 3.63) is 76.3 Å². The van der Waals surface area contributed by atoms with Crippen molar-refractivity contribution in [1.82, 2.24) is 0 Å². The van der Waals surface area contributed by atoms with Gasteiger partial charge in [0.2, 0.25) is 18.2 Å². The predicted molar refractivity (Wildman–Crippen MR) is 101 cm³/mol. The van der Waals surface area contributed by atoms with Gasteiger partial charge in [-0.1, -0.05) is 54.1 Å². The van der Waals surface area contributed by atoms with Crippen LogP contribution in [-0.2, 0) is 4.57 Å². The molecular formula is C21H17O3P. The van der Waals surface area contributed by atoms with Crippen molar-refractivity contribution in [1.29, 1.82) is 0 Å². The van der Waals surface area contributed by atoms with Gasteiger partial charge in [-0.3, -0.25) is 9.59 Å². The highest BCUT2D eigenvalue weighted by atomic mass is 31.2. The second kappa shape index (κ2) is 5.24. The quantitative estimate of drug-likeness (QED) is 0.597. The van der Waals surface area contributed by atoms with Crippen molar-refractivity contribution < 1.29 is 14.2 Å². The zero-order valence-corrected chi connectivity index (χ0v) is 15.2. The Morgan fingerprint density at radius 3 is 1.72 bits per heavy atom. The van der Waals surface area contributed by atoms with Gasteiger partial charge >= 0.3 is 0 Å². The molecule has 0 unspecified atom stereocenters. The number of carbonyl (C=O) groups excluding carboxylic acids is 2. The Labute approximate surface area is 146 Å². The first-order chi connectivity index (χ1) is 11.9. The van der Waals surface area contributed by atoms with Crippen LogP contribution in [-0.4, -0.2) is 11.0 Å². The zero-order chi connectivity index (χ0) is 17.9. The van der Waals surface area contributed by atoms with Crippen LogP contribution in [0.2, 0.25) is 0 Å². The average Bonchev–Trinajstić information content (AvgIpc) is 2.57. The largest absolute Gasteiger partial charge is 0.302 e. The summed E-state index contributed by atoms with van der Waals surface area (Å²) >= 11 is 0. The molecule has 0 N–H and O–H groups in total. The Balaban J connectivity index is 2.11. The van der Waals surface area contributed by atoms with Gasteiger partial charge in [0.15, 0.2) is 0 Å². The molecule has 0 bridgehead atoms. The molecule has 0 aliphatic carbocycles. The Bertz CT molecular complexity index is 1060. The molecule has 0 saturated carbocycles. The van der Waals surface area contributed by atoms with E-state index in [2.05, 4.69) is 0 Å². The Kier molecular flexibility index (Phi) is 3.35. The summed E-state index contributed by atoms with van der Waals surface area (Å²) in [4.78, 5) is 26.5. The monoisotopic (exact) mass is 348 g/mol. The maximum absolute atomic E-state index is 14.0.